The number of morpholine rings is 1. The van der Waals surface area contributed by atoms with E-state index in [0.29, 0.717) is 32.2 Å². The van der Waals surface area contributed by atoms with Crippen LogP contribution in [0.5, 0.6) is 0 Å². The Morgan fingerprint density at radius 2 is 2.38 bits per heavy atom. The summed E-state index contributed by atoms with van der Waals surface area (Å²) in [6.45, 7) is 1.89. The monoisotopic (exact) mass is 294 g/mol. The van der Waals surface area contributed by atoms with E-state index in [9.17, 15) is 4.79 Å². The van der Waals surface area contributed by atoms with Gasteiger partial charge in [-0.05, 0) is 24.3 Å². The third-order valence-electron chi connectivity index (χ3n) is 4.15. The predicted octanol–water partition coefficient (Wildman–Crippen LogP) is 0.200. The maximum atomic E-state index is 12.2. The van der Waals surface area contributed by atoms with Crippen molar-refractivity contribution in [2.45, 2.75) is 31.4 Å². The predicted molar refractivity (Wildman–Crippen MR) is 75.8 cm³/mol. The van der Waals surface area contributed by atoms with Gasteiger partial charge in [0, 0.05) is 13.6 Å². The fourth-order valence-corrected chi connectivity index (χ4v) is 2.72. The van der Waals surface area contributed by atoms with Gasteiger partial charge in [0.25, 0.3) is 0 Å². The lowest BCUT2D eigenvalue weighted by Gasteiger charge is -2.32. The zero-order valence-corrected chi connectivity index (χ0v) is 12.3. The van der Waals surface area contributed by atoms with Crippen LogP contribution in [-0.2, 0) is 18.3 Å². The molecular formula is C14H22N4O3. The van der Waals surface area contributed by atoms with E-state index in [2.05, 4.69) is 10.4 Å². The van der Waals surface area contributed by atoms with Crippen LogP contribution in [0.1, 0.15) is 30.0 Å². The van der Waals surface area contributed by atoms with Crippen LogP contribution in [0.3, 0.4) is 0 Å². The number of amides is 2. The zero-order chi connectivity index (χ0) is 14.8. The molecule has 1 aliphatic heterocycles. The lowest BCUT2D eigenvalue weighted by molar-refractivity contribution is -0.0403. The van der Waals surface area contributed by atoms with E-state index >= 15 is 0 Å². The fourth-order valence-electron chi connectivity index (χ4n) is 2.72. The van der Waals surface area contributed by atoms with Crippen molar-refractivity contribution in [3.05, 3.63) is 17.5 Å². The molecule has 1 unspecified atom stereocenters. The topological polar surface area (TPSA) is 79.6 Å². The Labute approximate surface area is 123 Å². The first kappa shape index (κ1) is 14.3. The third kappa shape index (κ3) is 3.19. The minimum absolute atomic E-state index is 0.0582. The van der Waals surface area contributed by atoms with Crippen LogP contribution in [-0.4, -0.2) is 58.2 Å². The highest BCUT2D eigenvalue weighted by Gasteiger charge is 2.29. The molecule has 0 spiro atoms. The number of aliphatic hydroxyl groups is 1. The van der Waals surface area contributed by atoms with Gasteiger partial charge >= 0.3 is 6.03 Å². The summed E-state index contributed by atoms with van der Waals surface area (Å²) in [5, 5.41) is 16.4. The van der Waals surface area contributed by atoms with Crippen molar-refractivity contribution in [3.63, 3.8) is 0 Å². The van der Waals surface area contributed by atoms with Gasteiger partial charge in [0.1, 0.15) is 0 Å². The number of hydrogen-bond acceptors (Lipinski definition) is 4. The number of carbonyl (C=O) groups excluding carboxylic acids is 1. The standard InChI is InChI=1S/C14H22N4O3/c1-17-13(12(6-16-17)10-2-3-10)7-15-14(20)18-4-5-21-11(8-18)9-19/h6,10-11,19H,2-5,7-9H2,1H3,(H,15,20). The van der Waals surface area contributed by atoms with Gasteiger partial charge < -0.3 is 20.1 Å². The van der Waals surface area contributed by atoms with Crippen molar-refractivity contribution >= 4 is 6.03 Å². The number of aromatic nitrogens is 2. The Morgan fingerprint density at radius 1 is 1.57 bits per heavy atom. The van der Waals surface area contributed by atoms with E-state index in [0.717, 1.165) is 5.69 Å². The Bertz CT molecular complexity index is 512. The highest BCUT2D eigenvalue weighted by molar-refractivity contribution is 5.74. The number of aliphatic hydroxyl groups excluding tert-OH is 1. The molecule has 1 saturated heterocycles. The second kappa shape index (κ2) is 6.03. The van der Waals surface area contributed by atoms with Gasteiger partial charge in [-0.25, -0.2) is 4.79 Å². The number of hydrogen-bond donors (Lipinski definition) is 2. The molecule has 0 radical (unpaired) electrons. The number of nitrogens with one attached hydrogen (secondary N) is 1. The second-order valence-corrected chi connectivity index (χ2v) is 5.72. The molecule has 116 valence electrons. The number of rotatable bonds is 4. The molecule has 0 aromatic carbocycles. The molecule has 2 heterocycles. The molecule has 1 atom stereocenters. The summed E-state index contributed by atoms with van der Waals surface area (Å²) < 4.78 is 7.19. The molecule has 2 N–H and O–H groups in total. The Kier molecular flexibility index (Phi) is 4.12. The molecule has 3 rings (SSSR count). The summed E-state index contributed by atoms with van der Waals surface area (Å²) in [6.07, 6.45) is 4.07. The van der Waals surface area contributed by atoms with Gasteiger partial charge in [0.15, 0.2) is 0 Å². The fraction of sp³-hybridized carbons (Fsp3) is 0.714. The van der Waals surface area contributed by atoms with E-state index in [1.54, 1.807) is 4.90 Å². The van der Waals surface area contributed by atoms with Crippen molar-refractivity contribution in [2.24, 2.45) is 7.05 Å². The zero-order valence-electron chi connectivity index (χ0n) is 12.3. The van der Waals surface area contributed by atoms with Gasteiger partial charge in [-0.15, -0.1) is 0 Å². The smallest absolute Gasteiger partial charge is 0.317 e. The number of carbonyl (C=O) groups is 1. The van der Waals surface area contributed by atoms with Gasteiger partial charge in [-0.3, -0.25) is 4.68 Å². The maximum absolute atomic E-state index is 12.2. The van der Waals surface area contributed by atoms with E-state index in [1.807, 2.05) is 17.9 Å². The second-order valence-electron chi connectivity index (χ2n) is 5.72. The van der Waals surface area contributed by atoms with Gasteiger partial charge in [0.2, 0.25) is 0 Å². The minimum atomic E-state index is -0.275. The number of aryl methyl sites for hydroxylation is 1. The first-order valence-electron chi connectivity index (χ1n) is 7.45. The molecule has 1 aliphatic carbocycles. The van der Waals surface area contributed by atoms with E-state index < -0.39 is 0 Å². The van der Waals surface area contributed by atoms with Gasteiger partial charge in [-0.2, -0.15) is 5.10 Å². The van der Waals surface area contributed by atoms with Gasteiger partial charge in [0.05, 0.1) is 44.3 Å². The SMILES string of the molecule is Cn1ncc(C2CC2)c1CNC(=O)N1CCOC(CO)C1. The summed E-state index contributed by atoms with van der Waals surface area (Å²) in [6, 6.07) is -0.111. The molecule has 1 aromatic heterocycles. The van der Waals surface area contributed by atoms with Crippen LogP contribution < -0.4 is 5.32 Å². The minimum Gasteiger partial charge on any atom is -0.394 e. The molecule has 2 fully saturated rings. The van der Waals surface area contributed by atoms with E-state index in [-0.39, 0.29) is 18.7 Å². The quantitative estimate of drug-likeness (QED) is 0.831. The molecule has 2 aliphatic rings. The van der Waals surface area contributed by atoms with Crippen molar-refractivity contribution in [2.75, 3.05) is 26.3 Å². The summed E-state index contributed by atoms with van der Waals surface area (Å²) in [5.41, 5.74) is 2.34. The van der Waals surface area contributed by atoms with Gasteiger partial charge in [-0.1, -0.05) is 0 Å². The van der Waals surface area contributed by atoms with Crippen molar-refractivity contribution in [1.29, 1.82) is 0 Å². The summed E-state index contributed by atoms with van der Waals surface area (Å²) in [4.78, 5) is 13.9. The largest absolute Gasteiger partial charge is 0.394 e. The molecule has 1 aromatic rings. The maximum Gasteiger partial charge on any atom is 0.317 e. The molecule has 21 heavy (non-hydrogen) atoms. The first-order valence-corrected chi connectivity index (χ1v) is 7.45. The molecule has 2 amide bonds. The van der Waals surface area contributed by atoms with Crippen LogP contribution in [0, 0.1) is 0 Å². The lowest BCUT2D eigenvalue weighted by Crippen LogP contribution is -2.50. The molecule has 1 saturated carbocycles. The average Bonchev–Trinajstić information content (AvgIpc) is 3.29. The molecule has 7 nitrogen and oxygen atoms in total. The van der Waals surface area contributed by atoms with Crippen LogP contribution in [0.4, 0.5) is 4.79 Å². The van der Waals surface area contributed by atoms with Crippen LogP contribution in [0.25, 0.3) is 0 Å². The highest BCUT2D eigenvalue weighted by Crippen LogP contribution is 2.41. The lowest BCUT2D eigenvalue weighted by atomic mass is 10.1. The number of urea groups is 1. The van der Waals surface area contributed by atoms with Crippen LogP contribution in [0.2, 0.25) is 0 Å². The number of nitrogens with zero attached hydrogens (tertiary/aromatic N) is 3. The Morgan fingerprint density at radius 3 is 3.10 bits per heavy atom. The Hall–Kier alpha value is -1.60. The first-order chi connectivity index (χ1) is 10.2. The van der Waals surface area contributed by atoms with Crippen LogP contribution in [0.15, 0.2) is 6.20 Å². The third-order valence-corrected chi connectivity index (χ3v) is 4.15. The highest BCUT2D eigenvalue weighted by atomic mass is 16.5. The normalized spacial score (nSPS) is 22.4. The Balaban J connectivity index is 1.57. The van der Waals surface area contributed by atoms with Crippen LogP contribution >= 0.6 is 0 Å². The average molecular weight is 294 g/mol. The summed E-state index contributed by atoms with van der Waals surface area (Å²) in [7, 11) is 1.91. The summed E-state index contributed by atoms with van der Waals surface area (Å²) >= 11 is 0. The van der Waals surface area contributed by atoms with E-state index in [4.69, 9.17) is 9.84 Å². The van der Waals surface area contributed by atoms with Crippen molar-refractivity contribution < 1.29 is 14.6 Å². The summed E-state index contributed by atoms with van der Waals surface area (Å²) in [5.74, 6) is 0.618. The van der Waals surface area contributed by atoms with Crippen molar-refractivity contribution in [1.82, 2.24) is 20.0 Å². The number of ether oxygens (including phenoxy) is 1. The molecule has 7 heteroatoms. The molecular weight excluding hydrogens is 272 g/mol. The van der Waals surface area contributed by atoms with E-state index in [1.165, 1.54) is 18.4 Å². The molecule has 0 bridgehead atoms. The van der Waals surface area contributed by atoms with Crippen molar-refractivity contribution in [3.8, 4) is 0 Å².